The van der Waals surface area contributed by atoms with Crippen molar-refractivity contribution in [3.8, 4) is 0 Å². The van der Waals surface area contributed by atoms with Gasteiger partial charge in [0.05, 0.1) is 5.69 Å². The van der Waals surface area contributed by atoms with Gasteiger partial charge in [-0.3, -0.25) is 5.48 Å². The fraction of sp³-hybridized carbons (Fsp3) is 0.455. The van der Waals surface area contributed by atoms with Crippen LogP contribution in [0.4, 0.5) is 5.69 Å². The van der Waals surface area contributed by atoms with Gasteiger partial charge in [-0.2, -0.15) is 0 Å². The largest absolute Gasteiger partial charge is 0.351 e. The van der Waals surface area contributed by atoms with Gasteiger partial charge in [-0.1, -0.05) is 18.2 Å². The summed E-state index contributed by atoms with van der Waals surface area (Å²) < 4.78 is 5.22. The molecule has 0 aliphatic heterocycles. The average Bonchev–Trinajstić information content (AvgIpc) is 2.17. The Labute approximate surface area is 85.0 Å². The number of benzene rings is 1. The number of ether oxygens (including phenoxy) is 1. The highest BCUT2D eigenvalue weighted by Gasteiger charge is 2.01. The maximum absolute atomic E-state index is 5.28. The molecule has 1 unspecified atom stereocenters. The number of hydrogen-bond acceptors (Lipinski definition) is 3. The first-order valence-corrected chi connectivity index (χ1v) is 4.83. The van der Waals surface area contributed by atoms with Gasteiger partial charge in [0.15, 0.2) is 6.29 Å². The topological polar surface area (TPSA) is 30.5 Å². The van der Waals surface area contributed by atoms with Gasteiger partial charge in [-0.15, -0.1) is 0 Å². The van der Waals surface area contributed by atoms with Crippen molar-refractivity contribution in [1.82, 2.24) is 0 Å². The highest BCUT2D eigenvalue weighted by Crippen LogP contribution is 2.13. The second-order valence-corrected chi connectivity index (χ2v) is 3.06. The molecule has 0 fully saturated rings. The molecule has 0 heterocycles. The van der Waals surface area contributed by atoms with Crippen LogP contribution < -0.4 is 5.48 Å². The number of nitrogens with one attached hydrogen (secondary N) is 1. The van der Waals surface area contributed by atoms with E-state index in [1.807, 2.05) is 45.0 Å². The summed E-state index contributed by atoms with van der Waals surface area (Å²) in [5.41, 5.74) is 4.99. The molecule has 0 saturated carbocycles. The fourth-order valence-electron chi connectivity index (χ4n) is 1.10. The first kappa shape index (κ1) is 11.0. The molecule has 0 aliphatic rings. The smallest absolute Gasteiger partial charge is 0.180 e. The molecule has 0 amide bonds. The molecule has 3 nitrogen and oxygen atoms in total. The minimum atomic E-state index is -0.236. The highest BCUT2D eigenvalue weighted by molar-refractivity contribution is 5.48. The Morgan fingerprint density at radius 3 is 2.71 bits per heavy atom. The normalized spacial score (nSPS) is 12.5. The molecule has 0 aromatic heterocycles. The lowest BCUT2D eigenvalue weighted by molar-refractivity contribution is -0.107. The molecule has 1 aromatic rings. The van der Waals surface area contributed by atoms with Crippen LogP contribution in [-0.2, 0) is 9.57 Å². The van der Waals surface area contributed by atoms with Crippen molar-refractivity contribution in [2.75, 3.05) is 12.1 Å². The van der Waals surface area contributed by atoms with Gasteiger partial charge in [0, 0.05) is 6.61 Å². The number of aryl methyl sites for hydroxylation is 1. The number of rotatable bonds is 5. The van der Waals surface area contributed by atoms with Crippen molar-refractivity contribution in [1.29, 1.82) is 0 Å². The van der Waals surface area contributed by atoms with E-state index in [0.29, 0.717) is 6.61 Å². The molecule has 14 heavy (non-hydrogen) atoms. The summed E-state index contributed by atoms with van der Waals surface area (Å²) in [6.07, 6.45) is -0.236. The number of para-hydroxylation sites is 1. The third-order valence-corrected chi connectivity index (χ3v) is 1.88. The van der Waals surface area contributed by atoms with E-state index in [-0.39, 0.29) is 6.29 Å². The molecule has 78 valence electrons. The van der Waals surface area contributed by atoms with E-state index in [9.17, 15) is 0 Å². The van der Waals surface area contributed by atoms with Crippen molar-refractivity contribution >= 4 is 5.69 Å². The van der Waals surface area contributed by atoms with Gasteiger partial charge >= 0.3 is 0 Å². The molecular weight excluding hydrogens is 178 g/mol. The predicted octanol–water partition coefficient (Wildman–Crippen LogP) is 2.72. The maximum Gasteiger partial charge on any atom is 0.180 e. The minimum Gasteiger partial charge on any atom is -0.351 e. The lowest BCUT2D eigenvalue weighted by Gasteiger charge is -2.14. The van der Waals surface area contributed by atoms with Crippen LogP contribution in [0.1, 0.15) is 19.4 Å². The molecular formula is C11H17NO2. The van der Waals surface area contributed by atoms with E-state index in [0.717, 1.165) is 11.3 Å². The molecule has 1 N–H and O–H groups in total. The molecule has 3 heteroatoms. The Balaban J connectivity index is 2.41. The summed E-state index contributed by atoms with van der Waals surface area (Å²) in [5, 5.41) is 0. The zero-order chi connectivity index (χ0) is 10.4. The first-order valence-electron chi connectivity index (χ1n) is 4.83. The minimum absolute atomic E-state index is 0.236. The maximum atomic E-state index is 5.28. The molecule has 0 aliphatic carbocycles. The van der Waals surface area contributed by atoms with E-state index >= 15 is 0 Å². The van der Waals surface area contributed by atoms with E-state index < -0.39 is 0 Å². The molecule has 1 atom stereocenters. The lowest BCUT2D eigenvalue weighted by atomic mass is 10.2. The van der Waals surface area contributed by atoms with Crippen LogP contribution in [0, 0.1) is 6.92 Å². The van der Waals surface area contributed by atoms with Gasteiger partial charge in [-0.25, -0.2) is 4.84 Å². The van der Waals surface area contributed by atoms with Crippen molar-refractivity contribution in [3.05, 3.63) is 29.8 Å². The third kappa shape index (κ3) is 3.36. The van der Waals surface area contributed by atoms with Crippen molar-refractivity contribution in [3.63, 3.8) is 0 Å². The Bertz CT molecular complexity index is 276. The number of anilines is 1. The molecule has 1 aromatic carbocycles. The monoisotopic (exact) mass is 195 g/mol. The second-order valence-electron chi connectivity index (χ2n) is 3.06. The Kier molecular flexibility index (Phi) is 4.43. The van der Waals surface area contributed by atoms with Crippen molar-refractivity contribution < 1.29 is 9.57 Å². The summed E-state index contributed by atoms with van der Waals surface area (Å²) in [6.45, 7) is 6.47. The highest BCUT2D eigenvalue weighted by atomic mass is 16.8. The van der Waals surface area contributed by atoms with Crippen molar-refractivity contribution in [2.45, 2.75) is 27.1 Å². The van der Waals surface area contributed by atoms with Crippen LogP contribution in [0.25, 0.3) is 0 Å². The quantitative estimate of drug-likeness (QED) is 0.579. The molecule has 1 rings (SSSR count). The summed E-state index contributed by atoms with van der Waals surface area (Å²) in [6, 6.07) is 7.95. The predicted molar refractivity (Wildman–Crippen MR) is 57.0 cm³/mol. The van der Waals surface area contributed by atoms with Crippen LogP contribution in [0.5, 0.6) is 0 Å². The third-order valence-electron chi connectivity index (χ3n) is 1.88. The molecule has 0 bridgehead atoms. The zero-order valence-corrected chi connectivity index (χ0v) is 8.91. The first-order chi connectivity index (χ1) is 6.74. The Morgan fingerprint density at radius 1 is 1.36 bits per heavy atom. The second kappa shape index (κ2) is 5.62. The SMILES string of the molecule is CCOC(C)ONc1ccccc1C. The van der Waals surface area contributed by atoms with Gasteiger partial charge < -0.3 is 4.74 Å². The number of hydrogen-bond donors (Lipinski definition) is 1. The van der Waals surface area contributed by atoms with Crippen LogP contribution in [-0.4, -0.2) is 12.9 Å². The fourth-order valence-corrected chi connectivity index (χ4v) is 1.10. The Morgan fingerprint density at radius 2 is 2.07 bits per heavy atom. The van der Waals surface area contributed by atoms with E-state index in [4.69, 9.17) is 9.57 Å². The van der Waals surface area contributed by atoms with Crippen LogP contribution >= 0.6 is 0 Å². The molecule has 0 spiro atoms. The lowest BCUT2D eigenvalue weighted by Crippen LogP contribution is -2.17. The summed E-state index contributed by atoms with van der Waals surface area (Å²) >= 11 is 0. The van der Waals surface area contributed by atoms with Crippen LogP contribution in [0.3, 0.4) is 0 Å². The van der Waals surface area contributed by atoms with Gasteiger partial charge in [0.2, 0.25) is 0 Å². The Hall–Kier alpha value is -1.06. The summed E-state index contributed by atoms with van der Waals surface area (Å²) in [5.74, 6) is 0. The molecule has 0 radical (unpaired) electrons. The van der Waals surface area contributed by atoms with Gasteiger partial charge in [-0.05, 0) is 32.4 Å². The van der Waals surface area contributed by atoms with E-state index in [1.54, 1.807) is 0 Å². The van der Waals surface area contributed by atoms with Gasteiger partial charge in [0.1, 0.15) is 0 Å². The van der Waals surface area contributed by atoms with Gasteiger partial charge in [0.25, 0.3) is 0 Å². The molecule has 0 saturated heterocycles. The van der Waals surface area contributed by atoms with E-state index in [2.05, 4.69) is 5.48 Å². The summed E-state index contributed by atoms with van der Waals surface area (Å²) in [7, 11) is 0. The summed E-state index contributed by atoms with van der Waals surface area (Å²) in [4.78, 5) is 5.28. The zero-order valence-electron chi connectivity index (χ0n) is 8.91. The van der Waals surface area contributed by atoms with E-state index in [1.165, 1.54) is 0 Å². The van der Waals surface area contributed by atoms with Crippen LogP contribution in [0.15, 0.2) is 24.3 Å². The standard InChI is InChI=1S/C11H17NO2/c1-4-13-10(3)14-12-11-8-6-5-7-9(11)2/h5-8,10,12H,4H2,1-3H3. The van der Waals surface area contributed by atoms with Crippen LogP contribution in [0.2, 0.25) is 0 Å². The van der Waals surface area contributed by atoms with Crippen molar-refractivity contribution in [2.24, 2.45) is 0 Å². The average molecular weight is 195 g/mol.